The van der Waals surface area contributed by atoms with Crippen LogP contribution in [0.1, 0.15) is 11.1 Å². The van der Waals surface area contributed by atoms with Gasteiger partial charge in [0, 0.05) is 11.3 Å². The molecule has 0 aliphatic heterocycles. The number of fused-ring (bicyclic) bond motifs is 2. The molecule has 0 N–H and O–H groups in total. The Labute approximate surface area is 94.2 Å². The molecule has 1 aliphatic carbocycles. The number of thiocarbonyl (C=S) groups is 1. The number of allylic oxidation sites excluding steroid dienone is 2. The largest absolute Gasteiger partial charge is 0.0795 e. The minimum Gasteiger partial charge on any atom is -0.0795 e. The summed E-state index contributed by atoms with van der Waals surface area (Å²) in [5.41, 5.74) is 2.40. The van der Waals surface area contributed by atoms with E-state index in [1.54, 1.807) is 0 Å². The van der Waals surface area contributed by atoms with Crippen molar-refractivity contribution in [3.63, 3.8) is 0 Å². The zero-order valence-electron chi connectivity index (χ0n) is 8.10. The van der Waals surface area contributed by atoms with E-state index < -0.39 is 0 Å². The summed E-state index contributed by atoms with van der Waals surface area (Å²) in [7, 11) is 0. The Bertz CT molecular complexity index is 579. The Morgan fingerprint density at radius 2 is 1.67 bits per heavy atom. The van der Waals surface area contributed by atoms with Crippen LogP contribution in [-0.4, -0.2) is 4.86 Å². The topological polar surface area (TPSA) is 0 Å². The van der Waals surface area contributed by atoms with E-state index in [1.807, 2.05) is 12.2 Å². The van der Waals surface area contributed by atoms with Crippen LogP contribution in [0.4, 0.5) is 0 Å². The summed E-state index contributed by atoms with van der Waals surface area (Å²) < 4.78 is 0. The lowest BCUT2D eigenvalue weighted by atomic mass is 9.93. The molecule has 0 fully saturated rings. The van der Waals surface area contributed by atoms with E-state index in [9.17, 15) is 0 Å². The summed E-state index contributed by atoms with van der Waals surface area (Å²) in [5.74, 6) is 0. The fourth-order valence-corrected chi connectivity index (χ4v) is 2.19. The number of rotatable bonds is 0. The van der Waals surface area contributed by atoms with Gasteiger partial charge in [0.15, 0.2) is 0 Å². The molecule has 1 aliphatic rings. The van der Waals surface area contributed by atoms with E-state index in [4.69, 9.17) is 12.2 Å². The summed E-state index contributed by atoms with van der Waals surface area (Å²) in [4.78, 5) is 0.929. The van der Waals surface area contributed by atoms with Crippen molar-refractivity contribution in [1.82, 2.24) is 0 Å². The molecule has 0 atom stereocenters. The van der Waals surface area contributed by atoms with Crippen LogP contribution in [0.5, 0.6) is 0 Å². The first-order chi connectivity index (χ1) is 7.34. The van der Waals surface area contributed by atoms with Crippen LogP contribution in [0.2, 0.25) is 0 Å². The van der Waals surface area contributed by atoms with Gasteiger partial charge in [-0.15, -0.1) is 0 Å². The molecule has 2 aromatic carbocycles. The fourth-order valence-electron chi connectivity index (χ4n) is 1.94. The van der Waals surface area contributed by atoms with Crippen molar-refractivity contribution >= 4 is 27.9 Å². The minimum atomic E-state index is 0.929. The van der Waals surface area contributed by atoms with Gasteiger partial charge in [0.05, 0.1) is 0 Å². The van der Waals surface area contributed by atoms with Gasteiger partial charge in [-0.1, -0.05) is 42.6 Å². The third-order valence-electron chi connectivity index (χ3n) is 2.71. The van der Waals surface area contributed by atoms with Gasteiger partial charge in [0.25, 0.3) is 0 Å². The van der Waals surface area contributed by atoms with Crippen molar-refractivity contribution in [3.05, 3.63) is 66.1 Å². The fraction of sp³-hybridized carbons (Fsp3) is 0. The summed E-state index contributed by atoms with van der Waals surface area (Å²) >= 11 is 5.32. The molecular formula is C14H9S. The average Bonchev–Trinajstić information content (AvgIpc) is 2.27. The van der Waals surface area contributed by atoms with E-state index in [-0.39, 0.29) is 0 Å². The molecule has 0 heterocycles. The molecular weight excluding hydrogens is 200 g/mol. The monoisotopic (exact) mass is 209 g/mol. The van der Waals surface area contributed by atoms with Crippen molar-refractivity contribution in [2.75, 3.05) is 0 Å². The molecule has 0 amide bonds. The lowest BCUT2D eigenvalue weighted by Crippen LogP contribution is -2.02. The van der Waals surface area contributed by atoms with Crippen LogP contribution in [-0.2, 0) is 0 Å². The Balaban J connectivity index is 2.35. The average molecular weight is 209 g/mol. The molecule has 0 nitrogen and oxygen atoms in total. The smallest absolute Gasteiger partial charge is 0.0449 e. The van der Waals surface area contributed by atoms with Gasteiger partial charge < -0.3 is 0 Å². The van der Waals surface area contributed by atoms with Gasteiger partial charge in [-0.05, 0) is 40.1 Å². The van der Waals surface area contributed by atoms with Crippen molar-refractivity contribution < 1.29 is 0 Å². The number of hydrogen-bond acceptors (Lipinski definition) is 1. The Hall–Kier alpha value is -1.47. The van der Waals surface area contributed by atoms with Gasteiger partial charge >= 0.3 is 0 Å². The quantitative estimate of drug-likeness (QED) is 0.596. The van der Waals surface area contributed by atoms with Gasteiger partial charge in [-0.2, -0.15) is 0 Å². The zero-order valence-corrected chi connectivity index (χ0v) is 8.92. The number of hydrogen-bond donors (Lipinski definition) is 0. The Kier molecular flexibility index (Phi) is 1.93. The maximum absolute atomic E-state index is 5.32. The zero-order chi connectivity index (χ0) is 10.3. The highest BCUT2D eigenvalue weighted by Gasteiger charge is 2.10. The molecule has 0 bridgehead atoms. The second-order valence-corrected chi connectivity index (χ2v) is 4.12. The summed E-state index contributed by atoms with van der Waals surface area (Å²) in [6.45, 7) is 0. The van der Waals surface area contributed by atoms with E-state index >= 15 is 0 Å². The third kappa shape index (κ3) is 1.40. The summed E-state index contributed by atoms with van der Waals surface area (Å²) in [5, 5.41) is 2.52. The summed E-state index contributed by atoms with van der Waals surface area (Å²) in [6.07, 6.45) is 6.10. The van der Waals surface area contributed by atoms with Crippen LogP contribution >= 0.6 is 12.2 Å². The summed E-state index contributed by atoms with van der Waals surface area (Å²) in [6, 6.07) is 12.7. The Morgan fingerprint density at radius 3 is 2.47 bits per heavy atom. The van der Waals surface area contributed by atoms with Gasteiger partial charge in [0.2, 0.25) is 0 Å². The molecule has 0 aromatic heterocycles. The second kappa shape index (κ2) is 3.28. The highest BCUT2D eigenvalue weighted by atomic mass is 32.1. The molecule has 3 rings (SSSR count). The first-order valence-corrected chi connectivity index (χ1v) is 5.34. The molecule has 1 heteroatoms. The van der Waals surface area contributed by atoms with Crippen LogP contribution in [0.3, 0.4) is 0 Å². The maximum atomic E-state index is 5.32. The lowest BCUT2D eigenvalue weighted by molar-refractivity contribution is 1.51. The van der Waals surface area contributed by atoms with Crippen LogP contribution in [0, 0.1) is 6.42 Å². The van der Waals surface area contributed by atoms with Crippen molar-refractivity contribution in [2.24, 2.45) is 0 Å². The SMILES string of the molecule is S=C1C=C[CH]c2cc3ccccc3cc21. The highest BCUT2D eigenvalue weighted by molar-refractivity contribution is 7.81. The standard InChI is InChI=1S/C14H9S/c15-14-7-3-6-12-8-10-4-1-2-5-11(10)9-13(12)14/h1-9H. The van der Waals surface area contributed by atoms with Crippen LogP contribution in [0.25, 0.3) is 10.8 Å². The van der Waals surface area contributed by atoms with E-state index in [0.29, 0.717) is 0 Å². The van der Waals surface area contributed by atoms with E-state index in [2.05, 4.69) is 42.8 Å². The molecule has 0 spiro atoms. The van der Waals surface area contributed by atoms with Crippen molar-refractivity contribution in [3.8, 4) is 0 Å². The maximum Gasteiger partial charge on any atom is 0.0449 e. The third-order valence-corrected chi connectivity index (χ3v) is 3.06. The van der Waals surface area contributed by atoms with Crippen molar-refractivity contribution in [2.45, 2.75) is 0 Å². The Morgan fingerprint density at radius 1 is 0.933 bits per heavy atom. The van der Waals surface area contributed by atoms with Gasteiger partial charge in [-0.25, -0.2) is 0 Å². The first kappa shape index (κ1) is 8.81. The number of benzene rings is 2. The predicted molar refractivity (Wildman–Crippen MR) is 68.2 cm³/mol. The molecule has 0 saturated heterocycles. The predicted octanol–water partition coefficient (Wildman–Crippen LogP) is 3.68. The van der Waals surface area contributed by atoms with E-state index in [1.165, 1.54) is 21.9 Å². The normalized spacial score (nSPS) is 14.3. The van der Waals surface area contributed by atoms with Gasteiger partial charge in [0.1, 0.15) is 0 Å². The van der Waals surface area contributed by atoms with E-state index in [0.717, 1.165) is 4.86 Å². The molecule has 1 radical (unpaired) electrons. The second-order valence-electron chi connectivity index (χ2n) is 3.68. The highest BCUT2D eigenvalue weighted by Crippen LogP contribution is 2.25. The van der Waals surface area contributed by atoms with Crippen molar-refractivity contribution in [1.29, 1.82) is 0 Å². The molecule has 2 aromatic rings. The molecule has 71 valence electrons. The lowest BCUT2D eigenvalue weighted by Gasteiger charge is -2.12. The van der Waals surface area contributed by atoms with Gasteiger partial charge in [-0.3, -0.25) is 0 Å². The van der Waals surface area contributed by atoms with Crippen LogP contribution in [0.15, 0.2) is 48.6 Å². The molecule has 15 heavy (non-hydrogen) atoms. The molecule has 0 saturated carbocycles. The van der Waals surface area contributed by atoms with Crippen LogP contribution < -0.4 is 0 Å². The minimum absolute atomic E-state index is 0.929. The first-order valence-electron chi connectivity index (χ1n) is 4.93. The molecule has 0 unspecified atom stereocenters.